The van der Waals surface area contributed by atoms with E-state index in [4.69, 9.17) is 4.42 Å². The topological polar surface area (TPSA) is 13.1 Å². The zero-order chi connectivity index (χ0) is 10.2. The van der Waals surface area contributed by atoms with Crippen LogP contribution in [0.5, 0.6) is 0 Å². The largest absolute Gasteiger partial charge is 0.466 e. The molecule has 0 aliphatic heterocycles. The van der Waals surface area contributed by atoms with Crippen molar-refractivity contribution in [3.63, 3.8) is 0 Å². The Balaban J connectivity index is 3.22. The zero-order valence-electron chi connectivity index (χ0n) is 9.56. The summed E-state index contributed by atoms with van der Waals surface area (Å²) < 4.78 is 5.77. The molecular formula is C12H20O. The number of rotatable bonds is 2. The minimum Gasteiger partial charge on any atom is -0.466 e. The summed E-state index contributed by atoms with van der Waals surface area (Å²) in [5, 5.41) is 0. The highest BCUT2D eigenvalue weighted by Gasteiger charge is 2.18. The molecule has 0 atom stereocenters. The van der Waals surface area contributed by atoms with Gasteiger partial charge in [-0.2, -0.15) is 0 Å². The Morgan fingerprint density at radius 1 is 0.923 bits per heavy atom. The summed E-state index contributed by atoms with van der Waals surface area (Å²) >= 11 is 0. The summed E-state index contributed by atoms with van der Waals surface area (Å²) in [7, 11) is 0. The van der Waals surface area contributed by atoms with Crippen molar-refractivity contribution in [3.8, 4) is 0 Å². The van der Waals surface area contributed by atoms with E-state index in [1.807, 2.05) is 0 Å². The maximum Gasteiger partial charge on any atom is 0.109 e. The van der Waals surface area contributed by atoms with Crippen LogP contribution in [0.15, 0.2) is 4.42 Å². The van der Waals surface area contributed by atoms with Crippen molar-refractivity contribution in [2.45, 2.75) is 53.4 Å². The van der Waals surface area contributed by atoms with Crippen molar-refractivity contribution in [2.75, 3.05) is 0 Å². The lowest BCUT2D eigenvalue weighted by atomic mass is 9.96. The van der Waals surface area contributed by atoms with Gasteiger partial charge in [0.05, 0.1) is 0 Å². The molecular weight excluding hydrogens is 160 g/mol. The molecule has 0 N–H and O–H groups in total. The summed E-state index contributed by atoms with van der Waals surface area (Å²) in [4.78, 5) is 0. The van der Waals surface area contributed by atoms with Crippen molar-refractivity contribution < 1.29 is 4.42 Å². The molecule has 1 aromatic heterocycles. The van der Waals surface area contributed by atoms with Gasteiger partial charge in [0.2, 0.25) is 0 Å². The van der Waals surface area contributed by atoms with E-state index in [-0.39, 0.29) is 0 Å². The van der Waals surface area contributed by atoms with E-state index in [0.717, 1.165) is 11.5 Å². The number of furan rings is 1. The predicted molar refractivity (Wildman–Crippen MR) is 56.4 cm³/mol. The van der Waals surface area contributed by atoms with E-state index >= 15 is 0 Å². The van der Waals surface area contributed by atoms with Crippen molar-refractivity contribution in [1.29, 1.82) is 0 Å². The summed E-state index contributed by atoms with van der Waals surface area (Å²) in [5.74, 6) is 3.31. The normalized spacial score (nSPS) is 11.7. The van der Waals surface area contributed by atoms with Crippen molar-refractivity contribution in [1.82, 2.24) is 0 Å². The molecule has 0 radical (unpaired) electrons. The first kappa shape index (κ1) is 10.4. The van der Waals surface area contributed by atoms with E-state index in [0.29, 0.717) is 11.8 Å². The molecule has 0 saturated heterocycles. The monoisotopic (exact) mass is 180 g/mol. The minimum atomic E-state index is 0.492. The fourth-order valence-electron chi connectivity index (χ4n) is 2.08. The van der Waals surface area contributed by atoms with Crippen LogP contribution in [-0.2, 0) is 0 Å². The highest BCUT2D eigenvalue weighted by atomic mass is 16.3. The van der Waals surface area contributed by atoms with Gasteiger partial charge in [-0.05, 0) is 30.9 Å². The first-order chi connectivity index (χ1) is 5.95. The highest BCUT2D eigenvalue weighted by Crippen LogP contribution is 2.32. The lowest BCUT2D eigenvalue weighted by Crippen LogP contribution is -1.92. The maximum atomic E-state index is 5.77. The van der Waals surface area contributed by atoms with Crippen molar-refractivity contribution >= 4 is 0 Å². The van der Waals surface area contributed by atoms with Gasteiger partial charge < -0.3 is 4.42 Å². The predicted octanol–water partition coefficient (Wildman–Crippen LogP) is 4.14. The van der Waals surface area contributed by atoms with Gasteiger partial charge >= 0.3 is 0 Å². The molecule has 74 valence electrons. The van der Waals surface area contributed by atoms with Gasteiger partial charge in [-0.25, -0.2) is 0 Å². The highest BCUT2D eigenvalue weighted by molar-refractivity contribution is 5.35. The van der Waals surface area contributed by atoms with Gasteiger partial charge in [0.25, 0.3) is 0 Å². The smallest absolute Gasteiger partial charge is 0.109 e. The van der Waals surface area contributed by atoms with Crippen LogP contribution in [0, 0.1) is 13.8 Å². The van der Waals surface area contributed by atoms with Crippen LogP contribution < -0.4 is 0 Å². The van der Waals surface area contributed by atoms with Gasteiger partial charge in [-0.1, -0.05) is 27.7 Å². The molecule has 0 unspecified atom stereocenters. The molecule has 1 aromatic rings. The molecule has 0 spiro atoms. The first-order valence-electron chi connectivity index (χ1n) is 5.04. The summed E-state index contributed by atoms with van der Waals surface area (Å²) in [6, 6.07) is 0. The third kappa shape index (κ3) is 1.79. The minimum absolute atomic E-state index is 0.492. The Bertz CT molecular complexity index is 292. The van der Waals surface area contributed by atoms with Crippen LogP contribution in [0.2, 0.25) is 0 Å². The Hall–Kier alpha value is -0.720. The average molecular weight is 180 g/mol. The Morgan fingerprint density at radius 2 is 1.46 bits per heavy atom. The van der Waals surface area contributed by atoms with E-state index in [1.54, 1.807) is 0 Å². The van der Waals surface area contributed by atoms with Gasteiger partial charge in [-0.15, -0.1) is 0 Å². The number of hydrogen-bond donors (Lipinski definition) is 0. The van der Waals surface area contributed by atoms with Crippen molar-refractivity contribution in [2.24, 2.45) is 0 Å². The zero-order valence-corrected chi connectivity index (χ0v) is 9.56. The van der Waals surface area contributed by atoms with Gasteiger partial charge in [0.15, 0.2) is 0 Å². The third-order valence-electron chi connectivity index (χ3n) is 2.52. The molecule has 0 amide bonds. The molecule has 0 aliphatic carbocycles. The third-order valence-corrected chi connectivity index (χ3v) is 2.52. The molecule has 1 heteroatoms. The van der Waals surface area contributed by atoms with Gasteiger partial charge in [0, 0.05) is 5.92 Å². The first-order valence-corrected chi connectivity index (χ1v) is 5.04. The van der Waals surface area contributed by atoms with Crippen LogP contribution in [0.1, 0.15) is 62.2 Å². The summed E-state index contributed by atoms with van der Waals surface area (Å²) in [6.45, 7) is 13.0. The Labute approximate surface area is 81.1 Å². The molecule has 1 nitrogen and oxygen atoms in total. The standard InChI is InChI=1S/C12H20O/c1-7(2)11-9(5)12(8(3)4)13-10(11)6/h7-8H,1-6H3. The van der Waals surface area contributed by atoms with E-state index < -0.39 is 0 Å². The lowest BCUT2D eigenvalue weighted by molar-refractivity contribution is 0.458. The molecule has 0 fully saturated rings. The Kier molecular flexibility index (Phi) is 2.84. The summed E-state index contributed by atoms with van der Waals surface area (Å²) in [6.07, 6.45) is 0. The SMILES string of the molecule is Cc1oc(C(C)C)c(C)c1C(C)C. The van der Waals surface area contributed by atoms with E-state index in [9.17, 15) is 0 Å². The molecule has 0 saturated carbocycles. The molecule has 1 rings (SSSR count). The van der Waals surface area contributed by atoms with Crippen LogP contribution in [0.4, 0.5) is 0 Å². The van der Waals surface area contributed by atoms with Crippen LogP contribution in [-0.4, -0.2) is 0 Å². The van der Waals surface area contributed by atoms with E-state index in [2.05, 4.69) is 41.5 Å². The van der Waals surface area contributed by atoms with Gasteiger partial charge in [0.1, 0.15) is 11.5 Å². The molecule has 1 heterocycles. The van der Waals surface area contributed by atoms with Crippen LogP contribution >= 0.6 is 0 Å². The molecule has 0 bridgehead atoms. The fraction of sp³-hybridized carbons (Fsp3) is 0.667. The second kappa shape index (κ2) is 3.57. The van der Waals surface area contributed by atoms with Gasteiger partial charge in [-0.3, -0.25) is 0 Å². The maximum absolute atomic E-state index is 5.77. The molecule has 13 heavy (non-hydrogen) atoms. The number of hydrogen-bond acceptors (Lipinski definition) is 1. The second-order valence-electron chi connectivity index (χ2n) is 4.37. The van der Waals surface area contributed by atoms with E-state index in [1.165, 1.54) is 11.1 Å². The average Bonchev–Trinajstić information content (AvgIpc) is 2.26. The van der Waals surface area contributed by atoms with Crippen LogP contribution in [0.3, 0.4) is 0 Å². The Morgan fingerprint density at radius 3 is 1.69 bits per heavy atom. The number of aryl methyl sites for hydroxylation is 1. The van der Waals surface area contributed by atoms with Crippen molar-refractivity contribution in [3.05, 3.63) is 22.6 Å². The molecule has 0 aliphatic rings. The molecule has 0 aromatic carbocycles. The van der Waals surface area contributed by atoms with Crippen LogP contribution in [0.25, 0.3) is 0 Å². The fourth-order valence-corrected chi connectivity index (χ4v) is 2.08. The summed E-state index contributed by atoms with van der Waals surface area (Å²) in [5.41, 5.74) is 2.74. The second-order valence-corrected chi connectivity index (χ2v) is 4.37. The quantitative estimate of drug-likeness (QED) is 0.666. The lowest BCUT2D eigenvalue weighted by Gasteiger charge is -2.05.